The Morgan fingerprint density at radius 2 is 1.90 bits per heavy atom. The summed E-state index contributed by atoms with van der Waals surface area (Å²) in [4.78, 5) is 14.5. The quantitative estimate of drug-likeness (QED) is 0.591. The summed E-state index contributed by atoms with van der Waals surface area (Å²) in [7, 11) is 0. The first-order chi connectivity index (χ1) is 9.74. The number of carbonyl (C=O) groups is 1. The van der Waals surface area contributed by atoms with E-state index in [1.165, 1.54) is 25.0 Å². The molecule has 20 heavy (non-hydrogen) atoms. The highest BCUT2D eigenvalue weighted by Gasteiger charge is 2.36. The minimum atomic E-state index is 0.0800. The van der Waals surface area contributed by atoms with E-state index in [1.807, 2.05) is 11.8 Å². The van der Waals surface area contributed by atoms with Crippen LogP contribution in [0.3, 0.4) is 0 Å². The van der Waals surface area contributed by atoms with Gasteiger partial charge in [0.1, 0.15) is 0 Å². The molecular formula is C16H32N2OS. The molecule has 0 aromatic rings. The van der Waals surface area contributed by atoms with E-state index in [9.17, 15) is 4.79 Å². The predicted octanol–water partition coefficient (Wildman–Crippen LogP) is 3.64. The van der Waals surface area contributed by atoms with Gasteiger partial charge in [-0.1, -0.05) is 39.5 Å². The Morgan fingerprint density at radius 1 is 1.15 bits per heavy atom. The summed E-state index contributed by atoms with van der Waals surface area (Å²) >= 11 is 1.92. The van der Waals surface area contributed by atoms with Gasteiger partial charge in [-0.15, -0.1) is 0 Å². The van der Waals surface area contributed by atoms with Crippen LogP contribution in [0.25, 0.3) is 0 Å². The van der Waals surface area contributed by atoms with Crippen molar-refractivity contribution in [3.63, 3.8) is 0 Å². The maximum atomic E-state index is 12.4. The van der Waals surface area contributed by atoms with Gasteiger partial charge in [-0.25, -0.2) is 0 Å². The van der Waals surface area contributed by atoms with Crippen molar-refractivity contribution in [1.29, 1.82) is 0 Å². The zero-order chi connectivity index (χ0) is 14.8. The molecule has 1 fully saturated rings. The van der Waals surface area contributed by atoms with Crippen LogP contribution in [0.2, 0.25) is 0 Å². The van der Waals surface area contributed by atoms with Crippen molar-refractivity contribution < 1.29 is 4.79 Å². The Hall–Kier alpha value is -0.220. The Labute approximate surface area is 129 Å². The van der Waals surface area contributed by atoms with Crippen LogP contribution in [0.1, 0.15) is 65.2 Å². The molecule has 3 nitrogen and oxygen atoms in total. The lowest BCUT2D eigenvalue weighted by atomic mass is 10.1. The topological polar surface area (TPSA) is 32.3 Å². The highest BCUT2D eigenvalue weighted by Crippen LogP contribution is 2.18. The molecule has 2 atom stereocenters. The first-order valence-electron chi connectivity index (χ1n) is 8.30. The Balaban J connectivity index is 2.29. The predicted molar refractivity (Wildman–Crippen MR) is 89.1 cm³/mol. The Kier molecular flexibility index (Phi) is 9.36. The second kappa shape index (κ2) is 10.5. The van der Waals surface area contributed by atoms with Crippen LogP contribution in [-0.4, -0.2) is 41.6 Å². The summed E-state index contributed by atoms with van der Waals surface area (Å²) in [6, 6.07) is 0.0800. The highest BCUT2D eigenvalue weighted by molar-refractivity contribution is 7.98. The maximum Gasteiger partial charge on any atom is 0.241 e. The van der Waals surface area contributed by atoms with Gasteiger partial charge in [0.2, 0.25) is 5.91 Å². The minimum absolute atomic E-state index is 0.0800. The molecule has 1 aliphatic rings. The van der Waals surface area contributed by atoms with Crippen molar-refractivity contribution in [1.82, 2.24) is 10.2 Å². The van der Waals surface area contributed by atoms with Crippen LogP contribution in [0.5, 0.6) is 0 Å². The van der Waals surface area contributed by atoms with E-state index < -0.39 is 0 Å². The Bertz CT molecular complexity index is 273. The molecule has 1 heterocycles. The van der Waals surface area contributed by atoms with Crippen molar-refractivity contribution in [3.8, 4) is 0 Å². The summed E-state index contributed by atoms with van der Waals surface area (Å²) < 4.78 is 0. The fraction of sp³-hybridized carbons (Fsp3) is 0.938. The van der Waals surface area contributed by atoms with E-state index in [4.69, 9.17) is 0 Å². The number of carbonyl (C=O) groups excluding carboxylic acids is 1. The molecule has 0 bridgehead atoms. The lowest BCUT2D eigenvalue weighted by Gasteiger charge is -2.23. The molecule has 0 aromatic heterocycles. The number of amides is 1. The fourth-order valence-electron chi connectivity index (χ4n) is 2.85. The first kappa shape index (κ1) is 17.8. The lowest BCUT2D eigenvalue weighted by Crippen LogP contribution is -2.37. The number of thioether (sulfide) groups is 1. The third-order valence-electron chi connectivity index (χ3n) is 4.08. The third-order valence-corrected chi connectivity index (χ3v) is 4.78. The van der Waals surface area contributed by atoms with E-state index in [1.54, 1.807) is 0 Å². The highest BCUT2D eigenvalue weighted by atomic mass is 32.2. The van der Waals surface area contributed by atoms with Gasteiger partial charge in [0.05, 0.1) is 12.2 Å². The van der Waals surface area contributed by atoms with Gasteiger partial charge in [0.25, 0.3) is 0 Å². The average Bonchev–Trinajstić information content (AvgIpc) is 2.76. The van der Waals surface area contributed by atoms with Crippen LogP contribution in [0.15, 0.2) is 0 Å². The molecule has 0 aliphatic carbocycles. The van der Waals surface area contributed by atoms with Crippen LogP contribution in [0, 0.1) is 0 Å². The molecule has 1 amide bonds. The van der Waals surface area contributed by atoms with E-state index in [0.29, 0.717) is 5.91 Å². The monoisotopic (exact) mass is 300 g/mol. The molecule has 0 saturated carbocycles. The molecule has 1 saturated heterocycles. The Morgan fingerprint density at radius 3 is 2.55 bits per heavy atom. The molecule has 0 aromatic carbocycles. The second-order valence-electron chi connectivity index (χ2n) is 5.72. The standard InChI is InChI=1S/C16H32N2OS/c1-4-6-11-14-16(19)18(15(5-2)17-14)12-9-7-8-10-13-20-3/h14-15,17H,4-13H2,1-3H3. The van der Waals surface area contributed by atoms with Crippen molar-refractivity contribution in [2.75, 3.05) is 18.6 Å². The van der Waals surface area contributed by atoms with E-state index >= 15 is 0 Å². The van der Waals surface area contributed by atoms with Gasteiger partial charge >= 0.3 is 0 Å². The van der Waals surface area contributed by atoms with Gasteiger partial charge in [-0.3, -0.25) is 10.1 Å². The number of nitrogens with zero attached hydrogens (tertiary/aromatic N) is 1. The second-order valence-corrected chi connectivity index (χ2v) is 6.71. The van der Waals surface area contributed by atoms with Crippen molar-refractivity contribution >= 4 is 17.7 Å². The molecular weight excluding hydrogens is 268 g/mol. The molecule has 0 radical (unpaired) electrons. The summed E-state index contributed by atoms with van der Waals surface area (Å²) in [5.74, 6) is 1.61. The number of nitrogens with one attached hydrogen (secondary N) is 1. The molecule has 1 aliphatic heterocycles. The van der Waals surface area contributed by atoms with Gasteiger partial charge in [0.15, 0.2) is 0 Å². The van der Waals surface area contributed by atoms with Gasteiger partial charge in [-0.2, -0.15) is 11.8 Å². The molecule has 4 heteroatoms. The van der Waals surface area contributed by atoms with Gasteiger partial charge < -0.3 is 4.90 Å². The van der Waals surface area contributed by atoms with Gasteiger partial charge in [0, 0.05) is 6.54 Å². The lowest BCUT2D eigenvalue weighted by molar-refractivity contribution is -0.130. The zero-order valence-electron chi connectivity index (χ0n) is 13.5. The third kappa shape index (κ3) is 5.65. The van der Waals surface area contributed by atoms with E-state index in [-0.39, 0.29) is 12.2 Å². The molecule has 1 N–H and O–H groups in total. The summed E-state index contributed by atoms with van der Waals surface area (Å²) in [5.41, 5.74) is 0. The summed E-state index contributed by atoms with van der Waals surface area (Å²) in [6.07, 6.45) is 11.8. The number of hydrogen-bond donors (Lipinski definition) is 1. The number of hydrogen-bond acceptors (Lipinski definition) is 3. The molecule has 0 spiro atoms. The van der Waals surface area contributed by atoms with Crippen LogP contribution in [0.4, 0.5) is 0 Å². The van der Waals surface area contributed by atoms with Crippen LogP contribution in [-0.2, 0) is 4.79 Å². The smallest absolute Gasteiger partial charge is 0.241 e. The largest absolute Gasteiger partial charge is 0.326 e. The minimum Gasteiger partial charge on any atom is -0.326 e. The van der Waals surface area contributed by atoms with Crippen LogP contribution >= 0.6 is 11.8 Å². The fourth-order valence-corrected chi connectivity index (χ4v) is 3.34. The van der Waals surface area contributed by atoms with Crippen molar-refractivity contribution in [2.24, 2.45) is 0 Å². The first-order valence-corrected chi connectivity index (χ1v) is 9.69. The number of rotatable bonds is 11. The summed E-state index contributed by atoms with van der Waals surface area (Å²) in [6.45, 7) is 5.29. The van der Waals surface area contributed by atoms with Crippen molar-refractivity contribution in [3.05, 3.63) is 0 Å². The van der Waals surface area contributed by atoms with E-state index in [0.717, 1.165) is 38.6 Å². The SMILES string of the molecule is CCCCC1NC(CC)N(CCCCCCSC)C1=O. The van der Waals surface area contributed by atoms with E-state index in [2.05, 4.69) is 30.3 Å². The van der Waals surface area contributed by atoms with Gasteiger partial charge in [-0.05, 0) is 37.7 Å². The number of unbranched alkanes of at least 4 members (excludes halogenated alkanes) is 4. The molecule has 118 valence electrons. The summed E-state index contributed by atoms with van der Waals surface area (Å²) in [5, 5.41) is 3.51. The zero-order valence-corrected chi connectivity index (χ0v) is 14.3. The average molecular weight is 301 g/mol. The normalized spacial score (nSPS) is 22.8. The molecule has 1 rings (SSSR count). The van der Waals surface area contributed by atoms with Crippen molar-refractivity contribution in [2.45, 2.75) is 77.4 Å². The maximum absolute atomic E-state index is 12.4. The molecule has 2 unspecified atom stereocenters. The van der Waals surface area contributed by atoms with Crippen LogP contribution < -0.4 is 5.32 Å².